The Kier molecular flexibility index (Phi) is 3.66. The quantitative estimate of drug-likeness (QED) is 0.897. The second-order valence-electron chi connectivity index (χ2n) is 5.80. The van der Waals surface area contributed by atoms with Crippen molar-refractivity contribution in [2.75, 3.05) is 18.1 Å². The number of nitrogens with zero attached hydrogens (tertiary/aromatic N) is 1. The van der Waals surface area contributed by atoms with Crippen LogP contribution in [0.4, 0.5) is 5.69 Å². The Morgan fingerprint density at radius 3 is 2.65 bits per heavy atom. The van der Waals surface area contributed by atoms with Crippen LogP contribution >= 0.6 is 0 Å². The molecule has 1 aliphatic carbocycles. The molecule has 1 saturated carbocycles. The summed E-state index contributed by atoms with van der Waals surface area (Å²) in [5.41, 5.74) is 1.48. The van der Waals surface area contributed by atoms with E-state index >= 15 is 0 Å². The maximum Gasteiger partial charge on any atom is 0.335 e. The molecule has 1 aliphatic heterocycles. The van der Waals surface area contributed by atoms with Gasteiger partial charge in [-0.2, -0.15) is 0 Å². The number of aromatic carboxylic acids is 1. The number of hydrogen-bond donors (Lipinski definition) is 1. The van der Waals surface area contributed by atoms with Gasteiger partial charge in [0.2, 0.25) is 0 Å². The molecule has 108 valence electrons. The number of carboxylic acid groups (broad SMARTS) is 1. The smallest absolute Gasteiger partial charge is 0.335 e. The van der Waals surface area contributed by atoms with Gasteiger partial charge in [0.25, 0.3) is 0 Å². The van der Waals surface area contributed by atoms with Gasteiger partial charge in [0.15, 0.2) is 0 Å². The first-order valence-corrected chi connectivity index (χ1v) is 7.40. The van der Waals surface area contributed by atoms with E-state index in [2.05, 4.69) is 11.8 Å². The lowest BCUT2D eigenvalue weighted by Gasteiger charge is -2.33. The van der Waals surface area contributed by atoms with Crippen LogP contribution in [0.25, 0.3) is 0 Å². The first-order valence-electron chi connectivity index (χ1n) is 7.40. The minimum absolute atomic E-state index is 0.349. The SMILES string of the molecule is CCCO[C@@H]1C[C@@H]2C[C@H]1CN2c1ccc(C(=O)O)cc1. The standard InChI is InChI=1S/C16H21NO3/c1-2-7-20-15-9-14-8-12(15)10-17(14)13-5-3-11(4-6-13)16(18)19/h3-6,12,14-15H,2,7-10H2,1H3,(H,18,19)/t12-,14-,15+/m0/s1. The Morgan fingerprint density at radius 1 is 1.35 bits per heavy atom. The molecule has 2 fully saturated rings. The lowest BCUT2D eigenvalue weighted by Crippen LogP contribution is -2.38. The number of anilines is 1. The number of piperidine rings is 1. The van der Waals surface area contributed by atoms with Crippen molar-refractivity contribution in [3.63, 3.8) is 0 Å². The molecule has 1 aromatic rings. The first kappa shape index (κ1) is 13.4. The van der Waals surface area contributed by atoms with Crippen molar-refractivity contribution < 1.29 is 14.6 Å². The van der Waals surface area contributed by atoms with Crippen LogP contribution in [0.1, 0.15) is 36.5 Å². The molecule has 1 heterocycles. The normalized spacial score (nSPS) is 28.1. The van der Waals surface area contributed by atoms with Gasteiger partial charge in [-0.05, 0) is 43.5 Å². The van der Waals surface area contributed by atoms with Gasteiger partial charge in [0, 0.05) is 30.8 Å². The molecule has 2 aliphatic rings. The zero-order chi connectivity index (χ0) is 14.1. The van der Waals surface area contributed by atoms with E-state index in [-0.39, 0.29) is 0 Å². The Bertz CT molecular complexity index is 485. The summed E-state index contributed by atoms with van der Waals surface area (Å²) in [6.45, 7) is 4.04. The van der Waals surface area contributed by atoms with E-state index in [1.165, 1.54) is 6.42 Å². The molecule has 0 amide bonds. The number of carbonyl (C=O) groups is 1. The number of ether oxygens (including phenoxy) is 1. The fraction of sp³-hybridized carbons (Fsp3) is 0.562. The second kappa shape index (κ2) is 5.44. The van der Waals surface area contributed by atoms with E-state index in [1.807, 2.05) is 12.1 Å². The van der Waals surface area contributed by atoms with Gasteiger partial charge in [-0.15, -0.1) is 0 Å². The van der Waals surface area contributed by atoms with E-state index in [0.717, 1.165) is 31.7 Å². The van der Waals surface area contributed by atoms with Crippen molar-refractivity contribution in [3.05, 3.63) is 29.8 Å². The zero-order valence-corrected chi connectivity index (χ0v) is 11.8. The molecule has 1 N–H and O–H groups in total. The minimum atomic E-state index is -0.868. The van der Waals surface area contributed by atoms with Crippen LogP contribution in [0.3, 0.4) is 0 Å². The molecule has 20 heavy (non-hydrogen) atoms. The van der Waals surface area contributed by atoms with Crippen LogP contribution in [-0.4, -0.2) is 36.4 Å². The third-order valence-corrected chi connectivity index (χ3v) is 4.46. The van der Waals surface area contributed by atoms with Crippen molar-refractivity contribution in [2.45, 2.75) is 38.3 Å². The summed E-state index contributed by atoms with van der Waals surface area (Å²) >= 11 is 0. The van der Waals surface area contributed by atoms with Gasteiger partial charge in [-0.1, -0.05) is 6.92 Å². The van der Waals surface area contributed by atoms with Gasteiger partial charge in [-0.3, -0.25) is 0 Å². The van der Waals surface area contributed by atoms with Gasteiger partial charge in [0.1, 0.15) is 0 Å². The van der Waals surface area contributed by atoms with Crippen LogP contribution in [0.5, 0.6) is 0 Å². The van der Waals surface area contributed by atoms with E-state index in [9.17, 15) is 4.79 Å². The number of carboxylic acids is 1. The van der Waals surface area contributed by atoms with Crippen LogP contribution in [0.15, 0.2) is 24.3 Å². The molecule has 0 radical (unpaired) electrons. The predicted octanol–water partition coefficient (Wildman–Crippen LogP) is 2.78. The molecule has 4 heteroatoms. The van der Waals surface area contributed by atoms with E-state index < -0.39 is 5.97 Å². The molecule has 3 rings (SSSR count). The summed E-state index contributed by atoms with van der Waals surface area (Å²) in [6, 6.07) is 7.78. The molecule has 0 unspecified atom stereocenters. The third kappa shape index (κ3) is 2.40. The lowest BCUT2D eigenvalue weighted by molar-refractivity contribution is 0.0248. The highest BCUT2D eigenvalue weighted by molar-refractivity contribution is 5.88. The van der Waals surface area contributed by atoms with E-state index in [1.54, 1.807) is 12.1 Å². The number of hydrogen-bond acceptors (Lipinski definition) is 3. The molecular formula is C16H21NO3. The summed E-state index contributed by atoms with van der Waals surface area (Å²) in [6.07, 6.45) is 3.81. The molecular weight excluding hydrogens is 254 g/mol. The summed E-state index contributed by atoms with van der Waals surface area (Å²) in [5, 5.41) is 8.93. The highest BCUT2D eigenvalue weighted by atomic mass is 16.5. The molecule has 4 nitrogen and oxygen atoms in total. The maximum absolute atomic E-state index is 10.9. The fourth-order valence-corrected chi connectivity index (χ4v) is 3.49. The Balaban J connectivity index is 1.65. The highest BCUT2D eigenvalue weighted by Gasteiger charge is 2.45. The van der Waals surface area contributed by atoms with Gasteiger partial charge in [0.05, 0.1) is 11.7 Å². The minimum Gasteiger partial charge on any atom is -0.478 e. The van der Waals surface area contributed by atoms with Crippen LogP contribution < -0.4 is 4.90 Å². The lowest BCUT2D eigenvalue weighted by atomic mass is 10.1. The predicted molar refractivity (Wildman–Crippen MR) is 77.3 cm³/mol. The maximum atomic E-state index is 10.9. The Hall–Kier alpha value is -1.55. The monoisotopic (exact) mass is 275 g/mol. The zero-order valence-electron chi connectivity index (χ0n) is 11.8. The Morgan fingerprint density at radius 2 is 2.10 bits per heavy atom. The largest absolute Gasteiger partial charge is 0.478 e. The number of rotatable bonds is 5. The van der Waals surface area contributed by atoms with Crippen molar-refractivity contribution in [1.82, 2.24) is 0 Å². The van der Waals surface area contributed by atoms with Crippen molar-refractivity contribution in [2.24, 2.45) is 5.92 Å². The van der Waals surface area contributed by atoms with Gasteiger partial charge in [-0.25, -0.2) is 4.79 Å². The number of benzene rings is 1. The molecule has 0 spiro atoms. The Labute approximate surface area is 119 Å². The summed E-state index contributed by atoms with van der Waals surface area (Å²) < 4.78 is 5.92. The summed E-state index contributed by atoms with van der Waals surface area (Å²) in [5.74, 6) is -0.238. The van der Waals surface area contributed by atoms with Crippen LogP contribution in [-0.2, 0) is 4.74 Å². The average molecular weight is 275 g/mol. The van der Waals surface area contributed by atoms with Crippen molar-refractivity contribution in [3.8, 4) is 0 Å². The van der Waals surface area contributed by atoms with E-state index in [4.69, 9.17) is 9.84 Å². The fourth-order valence-electron chi connectivity index (χ4n) is 3.49. The highest BCUT2D eigenvalue weighted by Crippen LogP contribution is 2.41. The summed E-state index contributed by atoms with van der Waals surface area (Å²) in [7, 11) is 0. The average Bonchev–Trinajstić information content (AvgIpc) is 3.05. The van der Waals surface area contributed by atoms with E-state index in [0.29, 0.717) is 23.6 Å². The van der Waals surface area contributed by atoms with Crippen molar-refractivity contribution >= 4 is 11.7 Å². The molecule has 2 bridgehead atoms. The first-order chi connectivity index (χ1) is 9.69. The van der Waals surface area contributed by atoms with Crippen LogP contribution in [0.2, 0.25) is 0 Å². The van der Waals surface area contributed by atoms with Crippen LogP contribution in [0, 0.1) is 5.92 Å². The third-order valence-electron chi connectivity index (χ3n) is 4.46. The molecule has 1 aromatic carbocycles. The van der Waals surface area contributed by atoms with Crippen molar-refractivity contribution in [1.29, 1.82) is 0 Å². The molecule has 1 saturated heterocycles. The second-order valence-corrected chi connectivity index (χ2v) is 5.80. The van der Waals surface area contributed by atoms with Gasteiger partial charge >= 0.3 is 5.97 Å². The molecule has 0 aromatic heterocycles. The van der Waals surface area contributed by atoms with Gasteiger partial charge < -0.3 is 14.7 Å². The summed E-state index contributed by atoms with van der Waals surface area (Å²) in [4.78, 5) is 13.3. The topological polar surface area (TPSA) is 49.8 Å². The molecule has 3 atom stereocenters. The number of fused-ring (bicyclic) bond motifs is 2.